The number of rotatable bonds is 5. The van der Waals surface area contributed by atoms with Crippen LogP contribution in [-0.2, 0) is 26.6 Å². The van der Waals surface area contributed by atoms with Crippen molar-refractivity contribution in [3.8, 4) is 11.3 Å². The summed E-state index contributed by atoms with van der Waals surface area (Å²) in [5.41, 5.74) is 0.955. The van der Waals surface area contributed by atoms with Crippen LogP contribution < -0.4 is 11.1 Å². The van der Waals surface area contributed by atoms with Crippen LogP contribution in [0.1, 0.15) is 49.1 Å². The molecule has 1 aromatic heterocycles. The third-order valence-electron chi connectivity index (χ3n) is 4.94. The number of halogens is 6. The Kier molecular flexibility index (Phi) is 9.64. The molecule has 0 aliphatic heterocycles. The van der Waals surface area contributed by atoms with E-state index in [0.717, 1.165) is 45.9 Å². The van der Waals surface area contributed by atoms with Crippen molar-refractivity contribution in [1.82, 2.24) is 4.98 Å². The molecular formula is C24H19F6N3O7. The second-order valence-electron chi connectivity index (χ2n) is 7.61. The summed E-state index contributed by atoms with van der Waals surface area (Å²) in [6, 6.07) is 2.90. The van der Waals surface area contributed by atoms with Crippen LogP contribution in [0.15, 0.2) is 41.3 Å². The summed E-state index contributed by atoms with van der Waals surface area (Å²) in [5, 5.41) is 2.10. The van der Waals surface area contributed by atoms with Crippen LogP contribution in [0.2, 0.25) is 0 Å². The number of benzene rings is 2. The Morgan fingerprint density at radius 3 is 1.95 bits per heavy atom. The van der Waals surface area contributed by atoms with Crippen molar-refractivity contribution in [1.29, 1.82) is 0 Å². The highest BCUT2D eigenvalue weighted by atomic mass is 19.4. The van der Waals surface area contributed by atoms with Gasteiger partial charge in [-0.3, -0.25) is 9.59 Å². The number of methoxy groups -OCH3 is 2. The lowest BCUT2D eigenvalue weighted by Crippen LogP contribution is -2.16. The molecule has 0 atom stereocenters. The minimum absolute atomic E-state index is 0.0210. The third-order valence-corrected chi connectivity index (χ3v) is 4.94. The molecule has 40 heavy (non-hydrogen) atoms. The first-order chi connectivity index (χ1) is 18.5. The summed E-state index contributed by atoms with van der Waals surface area (Å²) in [7, 11) is 2.13. The van der Waals surface area contributed by atoms with Gasteiger partial charge in [-0.15, -0.1) is 0 Å². The van der Waals surface area contributed by atoms with Crippen LogP contribution in [0, 0.1) is 0 Å². The number of nitrogens with one attached hydrogen (secondary N) is 1. The Hall–Kier alpha value is -4.89. The van der Waals surface area contributed by atoms with E-state index < -0.39 is 46.9 Å². The summed E-state index contributed by atoms with van der Waals surface area (Å²) in [5.74, 6) is -2.59. The zero-order valence-corrected chi connectivity index (χ0v) is 20.7. The van der Waals surface area contributed by atoms with E-state index in [1.54, 1.807) is 0 Å². The maximum Gasteiger partial charge on any atom is 0.417 e. The average molecular weight is 575 g/mol. The Morgan fingerprint density at radius 1 is 0.925 bits per heavy atom. The fourth-order valence-electron chi connectivity index (χ4n) is 3.22. The van der Waals surface area contributed by atoms with Gasteiger partial charge in [-0.05, 0) is 24.3 Å². The number of ether oxygens (including phenoxy) is 2. The molecule has 0 saturated heterocycles. The molecule has 0 unspecified atom stereocenters. The lowest BCUT2D eigenvalue weighted by atomic mass is 10.00. The first-order valence-electron chi connectivity index (χ1n) is 10.6. The lowest BCUT2D eigenvalue weighted by molar-refractivity contribution is -0.138. The highest BCUT2D eigenvalue weighted by Gasteiger charge is 2.36. The number of nitrogens with two attached hydrogens (primary N) is 1. The van der Waals surface area contributed by atoms with E-state index in [2.05, 4.69) is 19.8 Å². The van der Waals surface area contributed by atoms with Crippen molar-refractivity contribution in [3.05, 3.63) is 64.7 Å². The highest BCUT2D eigenvalue weighted by molar-refractivity contribution is 6.02. The lowest BCUT2D eigenvalue weighted by Gasteiger charge is -2.15. The number of aldehydes is 1. The van der Waals surface area contributed by atoms with Gasteiger partial charge in [0.1, 0.15) is 0 Å². The van der Waals surface area contributed by atoms with Crippen LogP contribution in [0.4, 0.5) is 37.7 Å². The predicted octanol–water partition coefficient (Wildman–Crippen LogP) is 4.99. The van der Waals surface area contributed by atoms with Gasteiger partial charge < -0.3 is 24.9 Å². The molecule has 0 saturated carbocycles. The van der Waals surface area contributed by atoms with Gasteiger partial charge in [0.15, 0.2) is 18.4 Å². The molecule has 0 aliphatic rings. The van der Waals surface area contributed by atoms with E-state index in [0.29, 0.717) is 12.1 Å². The number of carbonyl (C=O) groups excluding carboxylic acids is 4. The third kappa shape index (κ3) is 7.36. The summed E-state index contributed by atoms with van der Waals surface area (Å²) in [4.78, 5) is 48.2. The first kappa shape index (κ1) is 31.3. The molecule has 3 aromatic rings. The topological polar surface area (TPSA) is 151 Å². The van der Waals surface area contributed by atoms with Gasteiger partial charge in [0.05, 0.1) is 48.4 Å². The van der Waals surface area contributed by atoms with E-state index in [1.165, 1.54) is 0 Å². The normalized spacial score (nSPS) is 11.1. The van der Waals surface area contributed by atoms with Crippen molar-refractivity contribution in [2.24, 2.45) is 0 Å². The Balaban J connectivity index is 0.000000280. The maximum absolute atomic E-state index is 13.0. The Morgan fingerprint density at radius 2 is 1.50 bits per heavy atom. The second-order valence-corrected chi connectivity index (χ2v) is 7.61. The van der Waals surface area contributed by atoms with E-state index in [4.69, 9.17) is 10.2 Å². The SMILES string of the molecule is COC(=O)c1cc(-c2cnco2)c(C(F)(F)F)cc1N.COC(=O)c1cc(C=O)c(C(F)(F)F)cc1NC(C)=O. The zero-order valence-electron chi connectivity index (χ0n) is 20.7. The molecule has 0 aliphatic carbocycles. The molecular weight excluding hydrogens is 556 g/mol. The van der Waals surface area contributed by atoms with Crippen LogP contribution >= 0.6 is 0 Å². The number of carbonyl (C=O) groups is 4. The van der Waals surface area contributed by atoms with Crippen LogP contribution in [-0.4, -0.2) is 43.3 Å². The minimum atomic E-state index is -4.79. The average Bonchev–Trinajstić information content (AvgIpc) is 3.41. The molecule has 2 aromatic carbocycles. The van der Waals surface area contributed by atoms with Crippen molar-refractivity contribution in [2.45, 2.75) is 19.3 Å². The summed E-state index contributed by atoms with van der Waals surface area (Å²) < 4.78 is 91.1. The van der Waals surface area contributed by atoms with Crippen LogP contribution in [0.5, 0.6) is 0 Å². The van der Waals surface area contributed by atoms with Gasteiger partial charge in [0.25, 0.3) is 0 Å². The van der Waals surface area contributed by atoms with Gasteiger partial charge in [0, 0.05) is 23.7 Å². The van der Waals surface area contributed by atoms with Crippen LogP contribution in [0.25, 0.3) is 11.3 Å². The molecule has 0 bridgehead atoms. The number of hydrogen-bond acceptors (Lipinski definition) is 9. The molecule has 0 spiro atoms. The summed E-state index contributed by atoms with van der Waals surface area (Å²) in [6.07, 6.45) is -7.36. The van der Waals surface area contributed by atoms with E-state index in [1.807, 2.05) is 0 Å². The van der Waals surface area contributed by atoms with Crippen molar-refractivity contribution < 1.29 is 59.4 Å². The number of oxazole rings is 1. The predicted molar refractivity (Wildman–Crippen MR) is 125 cm³/mol. The molecule has 16 heteroatoms. The number of nitrogens with zero attached hydrogens (tertiary/aromatic N) is 1. The van der Waals surface area contributed by atoms with Crippen molar-refractivity contribution in [3.63, 3.8) is 0 Å². The zero-order chi connectivity index (χ0) is 30.4. The Bertz CT molecular complexity index is 1420. The summed E-state index contributed by atoms with van der Waals surface area (Å²) >= 11 is 0. The molecule has 3 rings (SSSR count). The standard InChI is InChI=1S/C12H9F3N2O3.C12H10F3NO4/c1-19-11(18)7-2-6(10-4-17-5-20-10)8(3-9(7)16)12(13,14)15;1-6(18)16-10-4-9(12(13,14)15)7(5-17)3-8(10)11(19)20-2/h2-5H,16H2,1H3;3-5H,1-2H3,(H,16,18). The molecule has 3 N–H and O–H groups in total. The smallest absolute Gasteiger partial charge is 0.417 e. The largest absolute Gasteiger partial charge is 0.465 e. The molecule has 1 amide bonds. The maximum atomic E-state index is 13.0. The summed E-state index contributed by atoms with van der Waals surface area (Å²) in [6.45, 7) is 1.07. The molecule has 10 nitrogen and oxygen atoms in total. The number of esters is 2. The first-order valence-corrected chi connectivity index (χ1v) is 10.6. The number of alkyl halides is 6. The number of amides is 1. The monoisotopic (exact) mass is 575 g/mol. The van der Waals surface area contributed by atoms with E-state index >= 15 is 0 Å². The van der Waals surface area contributed by atoms with E-state index in [-0.39, 0.29) is 40.1 Å². The van der Waals surface area contributed by atoms with Crippen molar-refractivity contribution >= 4 is 35.5 Å². The van der Waals surface area contributed by atoms with Gasteiger partial charge in [0.2, 0.25) is 5.91 Å². The highest BCUT2D eigenvalue weighted by Crippen LogP contribution is 2.39. The fourth-order valence-corrected chi connectivity index (χ4v) is 3.22. The molecule has 0 radical (unpaired) electrons. The quantitative estimate of drug-likeness (QED) is 0.186. The number of nitrogen functional groups attached to an aromatic ring is 1. The van der Waals surface area contributed by atoms with Gasteiger partial charge in [-0.2, -0.15) is 26.3 Å². The van der Waals surface area contributed by atoms with Crippen molar-refractivity contribution in [2.75, 3.05) is 25.3 Å². The molecule has 1 heterocycles. The number of anilines is 2. The Labute approximate surface area is 221 Å². The number of hydrogen-bond donors (Lipinski definition) is 2. The van der Waals surface area contributed by atoms with Gasteiger partial charge >= 0.3 is 24.3 Å². The van der Waals surface area contributed by atoms with E-state index in [9.17, 15) is 45.5 Å². The second kappa shape index (κ2) is 12.3. The number of aromatic nitrogens is 1. The van der Waals surface area contributed by atoms with Crippen LogP contribution in [0.3, 0.4) is 0 Å². The van der Waals surface area contributed by atoms with Gasteiger partial charge in [-0.1, -0.05) is 0 Å². The fraction of sp³-hybridized carbons (Fsp3) is 0.208. The van der Waals surface area contributed by atoms with Gasteiger partial charge in [-0.25, -0.2) is 14.6 Å². The molecule has 0 fully saturated rings. The minimum Gasteiger partial charge on any atom is -0.465 e. The molecule has 214 valence electrons.